The smallest absolute Gasteiger partial charge is 0.313 e. The third-order valence-corrected chi connectivity index (χ3v) is 4.40. The average molecular weight is 328 g/mol. The van der Waals surface area contributed by atoms with E-state index in [1.807, 2.05) is 38.1 Å². The molecule has 1 aromatic heterocycles. The Labute approximate surface area is 142 Å². The van der Waals surface area contributed by atoms with Gasteiger partial charge in [0.05, 0.1) is 0 Å². The zero-order valence-electron chi connectivity index (χ0n) is 14.5. The SMILES string of the molecule is CC1CCN(c2ccc(NC(=O)c3nnc(C(C)C)o3)cc2)CC1. The zero-order chi connectivity index (χ0) is 17.1. The van der Waals surface area contributed by atoms with Gasteiger partial charge in [-0.05, 0) is 43.0 Å². The number of rotatable bonds is 4. The number of nitrogens with one attached hydrogen (secondary N) is 1. The molecule has 6 nitrogen and oxygen atoms in total. The molecule has 6 heteroatoms. The number of benzene rings is 1. The highest BCUT2D eigenvalue weighted by Crippen LogP contribution is 2.24. The predicted octanol–water partition coefficient (Wildman–Crippen LogP) is 3.68. The van der Waals surface area contributed by atoms with Gasteiger partial charge in [-0.25, -0.2) is 0 Å². The number of hydrogen-bond donors (Lipinski definition) is 1. The lowest BCUT2D eigenvalue weighted by molar-refractivity contribution is 0.0988. The van der Waals surface area contributed by atoms with E-state index in [-0.39, 0.29) is 17.7 Å². The second-order valence-electron chi connectivity index (χ2n) is 6.77. The van der Waals surface area contributed by atoms with Crippen molar-refractivity contribution in [3.05, 3.63) is 36.0 Å². The fraction of sp³-hybridized carbons (Fsp3) is 0.500. The quantitative estimate of drug-likeness (QED) is 0.927. The van der Waals surface area contributed by atoms with Crippen molar-refractivity contribution in [2.75, 3.05) is 23.3 Å². The fourth-order valence-electron chi connectivity index (χ4n) is 2.77. The first-order chi connectivity index (χ1) is 11.5. The first-order valence-corrected chi connectivity index (χ1v) is 8.52. The van der Waals surface area contributed by atoms with Crippen molar-refractivity contribution in [1.29, 1.82) is 0 Å². The van der Waals surface area contributed by atoms with E-state index >= 15 is 0 Å². The topological polar surface area (TPSA) is 71.3 Å². The Bertz CT molecular complexity index is 685. The number of nitrogens with zero attached hydrogens (tertiary/aromatic N) is 3. The van der Waals surface area contributed by atoms with E-state index in [1.54, 1.807) is 0 Å². The number of anilines is 2. The number of carbonyl (C=O) groups excluding carboxylic acids is 1. The summed E-state index contributed by atoms with van der Waals surface area (Å²) in [5, 5.41) is 10.5. The van der Waals surface area contributed by atoms with Crippen LogP contribution in [-0.4, -0.2) is 29.2 Å². The molecule has 0 unspecified atom stereocenters. The van der Waals surface area contributed by atoms with Crippen LogP contribution in [0.2, 0.25) is 0 Å². The Hall–Kier alpha value is -2.37. The van der Waals surface area contributed by atoms with Gasteiger partial charge in [-0.15, -0.1) is 10.2 Å². The first-order valence-electron chi connectivity index (χ1n) is 8.52. The van der Waals surface area contributed by atoms with Gasteiger partial charge in [0.2, 0.25) is 5.89 Å². The van der Waals surface area contributed by atoms with Crippen LogP contribution >= 0.6 is 0 Å². The highest BCUT2D eigenvalue weighted by molar-refractivity contribution is 6.00. The van der Waals surface area contributed by atoms with Crippen LogP contribution in [-0.2, 0) is 0 Å². The highest BCUT2D eigenvalue weighted by Gasteiger charge is 2.18. The maximum absolute atomic E-state index is 12.2. The minimum Gasteiger partial charge on any atom is -0.417 e. The number of aromatic nitrogens is 2. The van der Waals surface area contributed by atoms with Crippen LogP contribution in [0.4, 0.5) is 11.4 Å². The standard InChI is InChI=1S/C18H24N4O2/c1-12(2)17-20-21-18(24-17)16(23)19-14-4-6-15(7-5-14)22-10-8-13(3)9-11-22/h4-7,12-13H,8-11H2,1-3H3,(H,19,23). The molecule has 2 aromatic rings. The van der Waals surface area contributed by atoms with Crippen LogP contribution in [0.5, 0.6) is 0 Å². The van der Waals surface area contributed by atoms with Crippen LogP contribution in [0.1, 0.15) is 56.1 Å². The number of hydrogen-bond acceptors (Lipinski definition) is 5. The Morgan fingerprint density at radius 3 is 2.46 bits per heavy atom. The Balaban J connectivity index is 1.62. The summed E-state index contributed by atoms with van der Waals surface area (Å²) in [6.45, 7) is 8.36. The van der Waals surface area contributed by atoms with E-state index in [2.05, 4.69) is 27.3 Å². The van der Waals surface area contributed by atoms with Gasteiger partial charge in [-0.2, -0.15) is 0 Å². The molecule has 1 saturated heterocycles. The third kappa shape index (κ3) is 3.75. The molecule has 0 aliphatic carbocycles. The lowest BCUT2D eigenvalue weighted by Crippen LogP contribution is -2.32. The molecule has 1 fully saturated rings. The summed E-state index contributed by atoms with van der Waals surface area (Å²) in [6, 6.07) is 7.90. The van der Waals surface area contributed by atoms with Gasteiger partial charge in [0.15, 0.2) is 0 Å². The fourth-order valence-corrected chi connectivity index (χ4v) is 2.77. The zero-order valence-corrected chi connectivity index (χ0v) is 14.5. The lowest BCUT2D eigenvalue weighted by atomic mass is 9.99. The Kier molecular flexibility index (Phi) is 4.83. The summed E-state index contributed by atoms with van der Waals surface area (Å²) >= 11 is 0. The first kappa shape index (κ1) is 16.5. The van der Waals surface area contributed by atoms with Gasteiger partial charge in [0.1, 0.15) is 0 Å². The lowest BCUT2D eigenvalue weighted by Gasteiger charge is -2.32. The molecule has 3 rings (SSSR count). The van der Waals surface area contributed by atoms with Gasteiger partial charge in [-0.1, -0.05) is 20.8 Å². The summed E-state index contributed by atoms with van der Waals surface area (Å²) in [5.74, 6) is 0.993. The van der Waals surface area contributed by atoms with Crippen LogP contribution in [0.25, 0.3) is 0 Å². The van der Waals surface area contributed by atoms with Crippen molar-refractivity contribution in [2.24, 2.45) is 5.92 Å². The maximum Gasteiger partial charge on any atom is 0.313 e. The van der Waals surface area contributed by atoms with E-state index in [9.17, 15) is 4.79 Å². The molecule has 128 valence electrons. The second-order valence-corrected chi connectivity index (χ2v) is 6.77. The molecule has 1 aliphatic heterocycles. The van der Waals surface area contributed by atoms with E-state index in [0.29, 0.717) is 5.89 Å². The minimum absolute atomic E-state index is 0.00667. The van der Waals surface area contributed by atoms with Crippen molar-refractivity contribution >= 4 is 17.3 Å². The number of amides is 1. The van der Waals surface area contributed by atoms with Gasteiger partial charge < -0.3 is 14.6 Å². The van der Waals surface area contributed by atoms with Gasteiger partial charge in [-0.3, -0.25) is 4.79 Å². The number of carbonyl (C=O) groups is 1. The van der Waals surface area contributed by atoms with Crippen molar-refractivity contribution in [3.63, 3.8) is 0 Å². The summed E-state index contributed by atoms with van der Waals surface area (Å²) in [5.41, 5.74) is 1.92. The largest absolute Gasteiger partial charge is 0.417 e. The molecular weight excluding hydrogens is 304 g/mol. The summed E-state index contributed by atoms with van der Waals surface area (Å²) in [4.78, 5) is 14.5. The molecule has 1 amide bonds. The van der Waals surface area contributed by atoms with Gasteiger partial charge in [0, 0.05) is 30.4 Å². The monoisotopic (exact) mass is 328 g/mol. The minimum atomic E-state index is -0.381. The molecule has 24 heavy (non-hydrogen) atoms. The molecular formula is C18H24N4O2. The molecule has 1 N–H and O–H groups in total. The van der Waals surface area contributed by atoms with E-state index in [4.69, 9.17) is 4.42 Å². The molecule has 0 spiro atoms. The summed E-state index contributed by atoms with van der Waals surface area (Å²) in [6.07, 6.45) is 2.46. The molecule has 0 atom stereocenters. The van der Waals surface area contributed by atoms with Crippen molar-refractivity contribution in [3.8, 4) is 0 Å². The van der Waals surface area contributed by atoms with Crippen molar-refractivity contribution in [2.45, 2.75) is 39.5 Å². The maximum atomic E-state index is 12.2. The molecule has 1 aliphatic rings. The third-order valence-electron chi connectivity index (χ3n) is 4.40. The van der Waals surface area contributed by atoms with E-state index in [1.165, 1.54) is 18.5 Å². The van der Waals surface area contributed by atoms with Gasteiger partial charge in [0.25, 0.3) is 0 Å². The highest BCUT2D eigenvalue weighted by atomic mass is 16.4. The van der Waals surface area contributed by atoms with Crippen molar-refractivity contribution in [1.82, 2.24) is 10.2 Å². The van der Waals surface area contributed by atoms with E-state index in [0.717, 1.165) is 24.7 Å². The number of piperidine rings is 1. The molecule has 0 saturated carbocycles. The van der Waals surface area contributed by atoms with Crippen LogP contribution in [0.3, 0.4) is 0 Å². The van der Waals surface area contributed by atoms with Gasteiger partial charge >= 0.3 is 11.8 Å². The molecule has 2 heterocycles. The summed E-state index contributed by atoms with van der Waals surface area (Å²) < 4.78 is 5.37. The Morgan fingerprint density at radius 2 is 1.88 bits per heavy atom. The second kappa shape index (κ2) is 7.03. The van der Waals surface area contributed by atoms with E-state index < -0.39 is 0 Å². The molecule has 0 bridgehead atoms. The van der Waals surface area contributed by atoms with Crippen LogP contribution in [0.15, 0.2) is 28.7 Å². The normalized spacial score (nSPS) is 15.8. The molecule has 1 aromatic carbocycles. The Morgan fingerprint density at radius 1 is 1.21 bits per heavy atom. The summed E-state index contributed by atoms with van der Waals surface area (Å²) in [7, 11) is 0. The predicted molar refractivity (Wildman–Crippen MR) is 93.4 cm³/mol. The van der Waals surface area contributed by atoms with Crippen molar-refractivity contribution < 1.29 is 9.21 Å². The van der Waals surface area contributed by atoms with Crippen LogP contribution in [0, 0.1) is 5.92 Å². The molecule has 0 radical (unpaired) electrons. The average Bonchev–Trinajstić information content (AvgIpc) is 3.07. The van der Waals surface area contributed by atoms with Crippen LogP contribution < -0.4 is 10.2 Å².